The fourth-order valence-corrected chi connectivity index (χ4v) is 3.60. The Morgan fingerprint density at radius 1 is 1.08 bits per heavy atom. The maximum atomic E-state index is 12.2. The maximum absolute atomic E-state index is 12.2. The van der Waals surface area contributed by atoms with Crippen molar-refractivity contribution >= 4 is 45.2 Å². The third-order valence-electron chi connectivity index (χ3n) is 4.24. The molecule has 1 aliphatic heterocycles. The Kier molecular flexibility index (Phi) is 6.58. The third kappa shape index (κ3) is 5.02. The number of piperidine rings is 1. The number of hydrogen-bond acceptors (Lipinski definition) is 3. The van der Waals surface area contributed by atoms with E-state index >= 15 is 0 Å². The molecule has 0 saturated carbocycles. The molecule has 134 valence electrons. The van der Waals surface area contributed by atoms with E-state index < -0.39 is 5.97 Å². The summed E-state index contributed by atoms with van der Waals surface area (Å²) in [4.78, 5) is 15.2. The van der Waals surface area contributed by atoms with Gasteiger partial charge in [0.25, 0.3) is 0 Å². The minimum atomic E-state index is -0.418. The number of ether oxygens (including phenoxy) is 1. The quantitative estimate of drug-likeness (QED) is 0.288. The molecule has 0 unspecified atom stereocenters. The summed E-state index contributed by atoms with van der Waals surface area (Å²) in [7, 11) is 0. The number of halogens is 1. The van der Waals surface area contributed by atoms with Crippen LogP contribution in [0.1, 0.15) is 30.4 Å². The van der Waals surface area contributed by atoms with Gasteiger partial charge in [-0.3, -0.25) is 0 Å². The highest BCUT2D eigenvalue weighted by Gasteiger charge is 2.19. The van der Waals surface area contributed by atoms with Crippen molar-refractivity contribution in [3.05, 3.63) is 70.2 Å². The average Bonchev–Trinajstić information content (AvgIpc) is 2.69. The van der Waals surface area contributed by atoms with Crippen LogP contribution < -0.4 is 4.74 Å². The van der Waals surface area contributed by atoms with Crippen molar-refractivity contribution in [2.24, 2.45) is 0 Å². The van der Waals surface area contributed by atoms with Crippen LogP contribution in [-0.2, 0) is 4.79 Å². The molecule has 2 aromatic carbocycles. The number of hydrogen-bond donors (Lipinski definition) is 0. The summed E-state index contributed by atoms with van der Waals surface area (Å²) in [5, 5.41) is 0. The zero-order valence-electron chi connectivity index (χ0n) is 14.4. The minimum absolute atomic E-state index is 0.418. The Labute approximate surface area is 167 Å². The SMILES string of the molecule is O=C(/C=C/c1ccccc1)Oc1ccc(Br)cc1C(=S)N1CCCCC1. The Hall–Kier alpha value is -1.98. The van der Waals surface area contributed by atoms with Gasteiger partial charge < -0.3 is 9.64 Å². The van der Waals surface area contributed by atoms with Gasteiger partial charge in [-0.15, -0.1) is 0 Å². The lowest BCUT2D eigenvalue weighted by Crippen LogP contribution is -2.35. The maximum Gasteiger partial charge on any atom is 0.336 e. The van der Waals surface area contributed by atoms with E-state index in [-0.39, 0.29) is 0 Å². The summed E-state index contributed by atoms with van der Waals surface area (Å²) in [5.74, 6) is 0.0744. The van der Waals surface area contributed by atoms with E-state index in [1.54, 1.807) is 12.1 Å². The average molecular weight is 430 g/mol. The van der Waals surface area contributed by atoms with Crippen LogP contribution in [0.25, 0.3) is 6.08 Å². The van der Waals surface area contributed by atoms with Gasteiger partial charge >= 0.3 is 5.97 Å². The van der Waals surface area contributed by atoms with E-state index in [0.717, 1.165) is 46.5 Å². The summed E-state index contributed by atoms with van der Waals surface area (Å²) in [6.07, 6.45) is 6.70. The molecule has 0 amide bonds. The highest BCUT2D eigenvalue weighted by molar-refractivity contribution is 9.10. The monoisotopic (exact) mass is 429 g/mol. The minimum Gasteiger partial charge on any atom is -0.423 e. The Bertz CT molecular complexity index is 814. The van der Waals surface area contributed by atoms with Crippen LogP contribution in [0.5, 0.6) is 5.75 Å². The van der Waals surface area contributed by atoms with Gasteiger partial charge in [-0.2, -0.15) is 0 Å². The van der Waals surface area contributed by atoms with E-state index in [1.165, 1.54) is 12.5 Å². The number of rotatable bonds is 4. The molecule has 3 nitrogen and oxygen atoms in total. The van der Waals surface area contributed by atoms with Gasteiger partial charge in [-0.25, -0.2) is 4.79 Å². The van der Waals surface area contributed by atoms with Crippen molar-refractivity contribution in [2.75, 3.05) is 13.1 Å². The fraction of sp³-hybridized carbons (Fsp3) is 0.238. The first-order chi connectivity index (χ1) is 12.6. The van der Waals surface area contributed by atoms with Crippen LogP contribution in [0, 0.1) is 0 Å². The Morgan fingerprint density at radius 3 is 2.54 bits per heavy atom. The summed E-state index contributed by atoms with van der Waals surface area (Å²) < 4.78 is 6.48. The third-order valence-corrected chi connectivity index (χ3v) is 5.21. The molecule has 1 saturated heterocycles. The summed E-state index contributed by atoms with van der Waals surface area (Å²) in [5.41, 5.74) is 1.72. The predicted octanol–water partition coefficient (Wildman–Crippen LogP) is 5.23. The van der Waals surface area contributed by atoms with Crippen molar-refractivity contribution in [1.29, 1.82) is 0 Å². The van der Waals surface area contributed by atoms with Crippen molar-refractivity contribution in [3.8, 4) is 5.75 Å². The van der Waals surface area contributed by atoms with Crippen LogP contribution in [0.4, 0.5) is 0 Å². The lowest BCUT2D eigenvalue weighted by Gasteiger charge is -2.29. The second-order valence-corrected chi connectivity index (χ2v) is 7.46. The number of likely N-dealkylation sites (tertiary alicyclic amines) is 1. The zero-order valence-corrected chi connectivity index (χ0v) is 16.8. The molecule has 0 atom stereocenters. The van der Waals surface area contributed by atoms with Gasteiger partial charge in [0.15, 0.2) is 0 Å². The second kappa shape index (κ2) is 9.10. The van der Waals surface area contributed by atoms with Crippen LogP contribution in [0.15, 0.2) is 59.1 Å². The molecule has 3 rings (SSSR count). The molecule has 0 spiro atoms. The standard InChI is InChI=1S/C21H20BrNO2S/c22-17-10-11-19(18(15-17)21(26)23-13-5-2-6-14-23)25-20(24)12-9-16-7-3-1-4-8-16/h1,3-4,7-12,15H,2,5-6,13-14H2/b12-9+. The van der Waals surface area contributed by atoms with E-state index in [0.29, 0.717) is 5.75 Å². The first-order valence-corrected chi connectivity index (χ1v) is 9.87. The normalized spacial score (nSPS) is 14.4. The first kappa shape index (κ1) is 18.8. The lowest BCUT2D eigenvalue weighted by atomic mass is 10.1. The predicted molar refractivity (Wildman–Crippen MR) is 112 cm³/mol. The van der Waals surface area contributed by atoms with E-state index in [1.807, 2.05) is 42.5 Å². The van der Waals surface area contributed by atoms with Crippen molar-refractivity contribution < 1.29 is 9.53 Å². The van der Waals surface area contributed by atoms with Crippen LogP contribution in [-0.4, -0.2) is 28.9 Å². The van der Waals surface area contributed by atoms with Crippen LogP contribution >= 0.6 is 28.1 Å². The topological polar surface area (TPSA) is 29.5 Å². The molecular weight excluding hydrogens is 410 g/mol. The van der Waals surface area contributed by atoms with Gasteiger partial charge in [-0.05, 0) is 49.1 Å². The van der Waals surface area contributed by atoms with Crippen molar-refractivity contribution in [1.82, 2.24) is 4.90 Å². The molecule has 0 aliphatic carbocycles. The van der Waals surface area contributed by atoms with Crippen molar-refractivity contribution in [2.45, 2.75) is 19.3 Å². The van der Waals surface area contributed by atoms with Gasteiger partial charge in [0.2, 0.25) is 0 Å². The highest BCUT2D eigenvalue weighted by atomic mass is 79.9. The van der Waals surface area contributed by atoms with Gasteiger partial charge in [0.05, 0.1) is 5.56 Å². The molecule has 26 heavy (non-hydrogen) atoms. The van der Waals surface area contributed by atoms with E-state index in [9.17, 15) is 4.79 Å². The molecule has 0 radical (unpaired) electrons. The first-order valence-electron chi connectivity index (χ1n) is 8.67. The summed E-state index contributed by atoms with van der Waals surface area (Å²) >= 11 is 9.16. The van der Waals surface area contributed by atoms with Crippen molar-refractivity contribution in [3.63, 3.8) is 0 Å². The van der Waals surface area contributed by atoms with Crippen LogP contribution in [0.2, 0.25) is 0 Å². The molecule has 2 aromatic rings. The number of nitrogens with zero attached hydrogens (tertiary/aromatic N) is 1. The second-order valence-electron chi connectivity index (χ2n) is 6.16. The number of thiocarbonyl (C=S) groups is 1. The van der Waals surface area contributed by atoms with E-state index in [2.05, 4.69) is 20.8 Å². The molecule has 0 N–H and O–H groups in total. The largest absolute Gasteiger partial charge is 0.423 e. The Balaban J connectivity index is 1.76. The molecule has 1 heterocycles. The molecule has 1 fully saturated rings. The molecule has 0 bridgehead atoms. The molecular formula is C21H20BrNO2S. The summed E-state index contributed by atoms with van der Waals surface area (Å²) in [6, 6.07) is 15.2. The Morgan fingerprint density at radius 2 is 1.81 bits per heavy atom. The summed E-state index contributed by atoms with van der Waals surface area (Å²) in [6.45, 7) is 1.90. The van der Waals surface area contributed by atoms with Gasteiger partial charge in [-0.1, -0.05) is 58.5 Å². The molecule has 1 aliphatic rings. The van der Waals surface area contributed by atoms with E-state index in [4.69, 9.17) is 17.0 Å². The number of carbonyl (C=O) groups excluding carboxylic acids is 1. The zero-order chi connectivity index (χ0) is 18.4. The van der Waals surface area contributed by atoms with Crippen LogP contribution in [0.3, 0.4) is 0 Å². The lowest BCUT2D eigenvalue weighted by molar-refractivity contribution is -0.128. The fourth-order valence-electron chi connectivity index (χ4n) is 2.90. The number of esters is 1. The highest BCUT2D eigenvalue weighted by Crippen LogP contribution is 2.27. The van der Waals surface area contributed by atoms with Gasteiger partial charge in [0.1, 0.15) is 10.7 Å². The molecule has 5 heteroatoms. The number of carbonyl (C=O) groups is 1. The number of benzene rings is 2. The van der Waals surface area contributed by atoms with Gasteiger partial charge in [0, 0.05) is 23.6 Å². The smallest absolute Gasteiger partial charge is 0.336 e. The molecule has 0 aromatic heterocycles.